The standard InChI is InChI=1S/C9H18N4S/c1-6(2)8-11-9(14-12-8)13(4)7(3)5-10/h6-7H,5,10H2,1-4H3. The van der Waals surface area contributed by atoms with E-state index in [1.807, 2.05) is 7.05 Å². The van der Waals surface area contributed by atoms with E-state index in [0.717, 1.165) is 11.0 Å². The lowest BCUT2D eigenvalue weighted by atomic mass is 10.2. The van der Waals surface area contributed by atoms with Crippen molar-refractivity contribution in [2.24, 2.45) is 5.73 Å². The second kappa shape index (κ2) is 4.70. The first kappa shape index (κ1) is 11.4. The number of nitrogens with two attached hydrogens (primary N) is 1. The van der Waals surface area contributed by atoms with Crippen molar-refractivity contribution < 1.29 is 0 Å². The minimum atomic E-state index is 0.308. The molecule has 0 aliphatic rings. The normalized spacial score (nSPS) is 13.3. The van der Waals surface area contributed by atoms with E-state index in [1.54, 1.807) is 0 Å². The Hall–Kier alpha value is -0.680. The molecule has 80 valence electrons. The van der Waals surface area contributed by atoms with Crippen LogP contribution in [0.1, 0.15) is 32.5 Å². The maximum atomic E-state index is 5.59. The van der Waals surface area contributed by atoms with Crippen LogP contribution in [0.5, 0.6) is 0 Å². The van der Waals surface area contributed by atoms with E-state index < -0.39 is 0 Å². The SMILES string of the molecule is CC(C)c1nsc(N(C)C(C)CN)n1. The summed E-state index contributed by atoms with van der Waals surface area (Å²) < 4.78 is 4.30. The van der Waals surface area contributed by atoms with Gasteiger partial charge in [-0.3, -0.25) is 0 Å². The van der Waals surface area contributed by atoms with Gasteiger partial charge in [0, 0.05) is 37.1 Å². The van der Waals surface area contributed by atoms with Crippen LogP contribution >= 0.6 is 11.5 Å². The molecule has 1 atom stereocenters. The van der Waals surface area contributed by atoms with Gasteiger partial charge in [0.15, 0.2) is 0 Å². The molecule has 1 heterocycles. The maximum Gasteiger partial charge on any atom is 0.205 e. The van der Waals surface area contributed by atoms with E-state index in [-0.39, 0.29) is 0 Å². The Bertz CT molecular complexity index is 284. The Morgan fingerprint density at radius 2 is 2.07 bits per heavy atom. The van der Waals surface area contributed by atoms with Crippen molar-refractivity contribution in [1.82, 2.24) is 9.36 Å². The van der Waals surface area contributed by atoms with E-state index in [9.17, 15) is 0 Å². The first-order chi connectivity index (χ1) is 6.56. The van der Waals surface area contributed by atoms with Crippen LogP contribution in [0.25, 0.3) is 0 Å². The molecule has 0 aromatic carbocycles. The van der Waals surface area contributed by atoms with Crippen LogP contribution in [0.4, 0.5) is 5.13 Å². The molecule has 1 rings (SSSR count). The molecular formula is C9H18N4S. The number of anilines is 1. The lowest BCUT2D eigenvalue weighted by Crippen LogP contribution is -2.35. The fourth-order valence-electron chi connectivity index (χ4n) is 0.951. The zero-order valence-corrected chi connectivity index (χ0v) is 10.0. The monoisotopic (exact) mass is 214 g/mol. The van der Waals surface area contributed by atoms with Crippen LogP contribution in [0, 0.1) is 0 Å². The molecule has 0 aliphatic heterocycles. The van der Waals surface area contributed by atoms with E-state index in [0.29, 0.717) is 18.5 Å². The molecule has 0 amide bonds. The highest BCUT2D eigenvalue weighted by Gasteiger charge is 2.14. The molecule has 0 aliphatic carbocycles. The van der Waals surface area contributed by atoms with Gasteiger partial charge in [0.25, 0.3) is 0 Å². The molecule has 2 N–H and O–H groups in total. The minimum absolute atomic E-state index is 0.308. The summed E-state index contributed by atoms with van der Waals surface area (Å²) in [7, 11) is 2.00. The summed E-state index contributed by atoms with van der Waals surface area (Å²) in [6, 6.07) is 0.308. The minimum Gasteiger partial charge on any atom is -0.346 e. The van der Waals surface area contributed by atoms with Gasteiger partial charge >= 0.3 is 0 Å². The topological polar surface area (TPSA) is 55.0 Å². The van der Waals surface area contributed by atoms with Gasteiger partial charge < -0.3 is 10.6 Å². The summed E-state index contributed by atoms with van der Waals surface area (Å²) >= 11 is 1.44. The zero-order chi connectivity index (χ0) is 10.7. The molecule has 1 aromatic rings. The van der Waals surface area contributed by atoms with Crippen molar-refractivity contribution in [2.75, 3.05) is 18.5 Å². The van der Waals surface area contributed by atoms with Crippen molar-refractivity contribution in [3.8, 4) is 0 Å². The fraction of sp³-hybridized carbons (Fsp3) is 0.778. The molecule has 0 bridgehead atoms. The van der Waals surface area contributed by atoms with Crippen molar-refractivity contribution in [3.05, 3.63) is 5.82 Å². The van der Waals surface area contributed by atoms with E-state index in [2.05, 4.69) is 35.0 Å². The first-order valence-electron chi connectivity index (χ1n) is 4.82. The van der Waals surface area contributed by atoms with Crippen LogP contribution in [0.2, 0.25) is 0 Å². The van der Waals surface area contributed by atoms with Gasteiger partial charge in [-0.1, -0.05) is 13.8 Å². The highest BCUT2D eigenvalue weighted by molar-refractivity contribution is 7.09. The van der Waals surface area contributed by atoms with Gasteiger partial charge in [0.1, 0.15) is 5.82 Å². The predicted octanol–water partition coefficient (Wildman–Crippen LogP) is 1.44. The molecule has 1 aromatic heterocycles. The predicted molar refractivity (Wildman–Crippen MR) is 60.9 cm³/mol. The molecule has 0 saturated carbocycles. The number of hydrogen-bond donors (Lipinski definition) is 1. The van der Waals surface area contributed by atoms with Crippen LogP contribution in [0.15, 0.2) is 0 Å². The largest absolute Gasteiger partial charge is 0.346 e. The maximum absolute atomic E-state index is 5.59. The Balaban J connectivity index is 2.76. The summed E-state index contributed by atoms with van der Waals surface area (Å²) in [6.07, 6.45) is 0. The smallest absolute Gasteiger partial charge is 0.205 e. The average Bonchev–Trinajstić information content (AvgIpc) is 2.64. The van der Waals surface area contributed by atoms with E-state index in [1.165, 1.54) is 11.5 Å². The van der Waals surface area contributed by atoms with Crippen molar-refractivity contribution in [2.45, 2.75) is 32.7 Å². The number of likely N-dealkylation sites (N-methyl/N-ethyl adjacent to an activating group) is 1. The third kappa shape index (κ3) is 2.42. The molecule has 5 heteroatoms. The molecule has 4 nitrogen and oxygen atoms in total. The van der Waals surface area contributed by atoms with Crippen LogP contribution < -0.4 is 10.6 Å². The lowest BCUT2D eigenvalue weighted by molar-refractivity contribution is 0.689. The van der Waals surface area contributed by atoms with E-state index >= 15 is 0 Å². The number of nitrogens with zero attached hydrogens (tertiary/aromatic N) is 3. The molecule has 1 unspecified atom stereocenters. The molecule has 14 heavy (non-hydrogen) atoms. The van der Waals surface area contributed by atoms with E-state index in [4.69, 9.17) is 5.73 Å². The molecule has 0 fully saturated rings. The van der Waals surface area contributed by atoms with Crippen molar-refractivity contribution >= 4 is 16.7 Å². The summed E-state index contributed by atoms with van der Waals surface area (Å²) in [5.74, 6) is 1.31. The van der Waals surface area contributed by atoms with Crippen molar-refractivity contribution in [1.29, 1.82) is 0 Å². The fourth-order valence-corrected chi connectivity index (χ4v) is 1.82. The Morgan fingerprint density at radius 1 is 1.43 bits per heavy atom. The Kier molecular flexibility index (Phi) is 3.83. The summed E-state index contributed by atoms with van der Waals surface area (Å²) in [4.78, 5) is 6.53. The molecular weight excluding hydrogens is 196 g/mol. The van der Waals surface area contributed by atoms with Crippen LogP contribution in [-0.2, 0) is 0 Å². The second-order valence-corrected chi connectivity index (χ2v) is 4.52. The Labute approximate surface area is 89.3 Å². The third-order valence-corrected chi connectivity index (χ3v) is 3.07. The molecule has 0 radical (unpaired) electrons. The number of rotatable bonds is 4. The average molecular weight is 214 g/mol. The van der Waals surface area contributed by atoms with Gasteiger partial charge in [-0.2, -0.15) is 4.37 Å². The van der Waals surface area contributed by atoms with Gasteiger partial charge in [0.05, 0.1) is 0 Å². The van der Waals surface area contributed by atoms with Gasteiger partial charge in [-0.05, 0) is 6.92 Å². The Morgan fingerprint density at radius 3 is 2.50 bits per heavy atom. The number of hydrogen-bond acceptors (Lipinski definition) is 5. The van der Waals surface area contributed by atoms with Crippen LogP contribution in [-0.4, -0.2) is 29.0 Å². The highest BCUT2D eigenvalue weighted by atomic mass is 32.1. The number of aromatic nitrogens is 2. The summed E-state index contributed by atoms with van der Waals surface area (Å²) in [5.41, 5.74) is 5.59. The molecule has 0 saturated heterocycles. The summed E-state index contributed by atoms with van der Waals surface area (Å²) in [5, 5.41) is 0.951. The van der Waals surface area contributed by atoms with Crippen LogP contribution in [0.3, 0.4) is 0 Å². The van der Waals surface area contributed by atoms with Gasteiger partial charge in [-0.25, -0.2) is 4.98 Å². The van der Waals surface area contributed by atoms with Crippen molar-refractivity contribution in [3.63, 3.8) is 0 Å². The first-order valence-corrected chi connectivity index (χ1v) is 5.60. The summed E-state index contributed by atoms with van der Waals surface area (Å²) in [6.45, 7) is 6.90. The molecule has 0 spiro atoms. The highest BCUT2D eigenvalue weighted by Crippen LogP contribution is 2.21. The second-order valence-electron chi connectivity index (χ2n) is 3.79. The lowest BCUT2D eigenvalue weighted by Gasteiger charge is -2.21. The van der Waals surface area contributed by atoms with Gasteiger partial charge in [0.2, 0.25) is 5.13 Å². The quantitative estimate of drug-likeness (QED) is 0.824. The third-order valence-electron chi connectivity index (χ3n) is 2.25. The zero-order valence-electron chi connectivity index (χ0n) is 9.19. The van der Waals surface area contributed by atoms with Gasteiger partial charge in [-0.15, -0.1) is 0 Å².